The van der Waals surface area contributed by atoms with Gasteiger partial charge in [0.25, 0.3) is 0 Å². The second-order valence-corrected chi connectivity index (χ2v) is 11.3. The van der Waals surface area contributed by atoms with Crippen molar-refractivity contribution < 1.29 is 27.5 Å². The number of carbonyl (C=O) groups is 2. The first-order valence-electron chi connectivity index (χ1n) is 11.1. The van der Waals surface area contributed by atoms with Crippen LogP contribution in [0.1, 0.15) is 49.5 Å². The van der Waals surface area contributed by atoms with Crippen LogP contribution < -0.4 is 0 Å². The third-order valence-corrected chi connectivity index (χ3v) is 7.04. The van der Waals surface area contributed by atoms with Gasteiger partial charge in [0.2, 0.25) is 0 Å². The lowest BCUT2D eigenvalue weighted by molar-refractivity contribution is 0.0115. The smallest absolute Gasteiger partial charge is 0.410 e. The molecule has 1 aliphatic rings. The number of hydrogen-bond acceptors (Lipinski definition) is 6. The van der Waals surface area contributed by atoms with Gasteiger partial charge in [0.15, 0.2) is 9.84 Å². The van der Waals surface area contributed by atoms with Gasteiger partial charge in [-0.25, -0.2) is 18.0 Å². The Labute approximate surface area is 195 Å². The van der Waals surface area contributed by atoms with Crippen LogP contribution >= 0.6 is 0 Å². The van der Waals surface area contributed by atoms with Gasteiger partial charge in [-0.3, -0.25) is 0 Å². The van der Waals surface area contributed by atoms with E-state index >= 15 is 0 Å². The standard InChI is InChI=1S/C25H31NO6S/c1-25(2,3)32-24(28)26-14-12-19(13-15-26)17-31-23(27)21-9-7-8-20(16-21)18-33(29,30)22-10-5-4-6-11-22/h4-11,16,19H,12-15,17-18H2,1-3H3. The summed E-state index contributed by atoms with van der Waals surface area (Å²) >= 11 is 0. The zero-order valence-electron chi connectivity index (χ0n) is 19.3. The molecule has 0 bridgehead atoms. The third-order valence-electron chi connectivity index (χ3n) is 5.34. The molecule has 178 valence electrons. The fourth-order valence-electron chi connectivity index (χ4n) is 3.60. The number of ether oxygens (including phenoxy) is 2. The largest absolute Gasteiger partial charge is 0.462 e. The predicted molar refractivity (Wildman–Crippen MR) is 125 cm³/mol. The number of hydrogen-bond donors (Lipinski definition) is 0. The van der Waals surface area contributed by atoms with Gasteiger partial charge in [-0.05, 0) is 69.4 Å². The first kappa shape index (κ1) is 24.8. The summed E-state index contributed by atoms with van der Waals surface area (Å²) in [5, 5.41) is 0. The van der Waals surface area contributed by atoms with E-state index in [9.17, 15) is 18.0 Å². The zero-order valence-corrected chi connectivity index (χ0v) is 20.1. The molecule has 1 heterocycles. The molecule has 2 aromatic carbocycles. The van der Waals surface area contributed by atoms with E-state index in [1.165, 1.54) is 0 Å². The average molecular weight is 474 g/mol. The second-order valence-electron chi connectivity index (χ2n) is 9.28. The maximum atomic E-state index is 12.6. The molecule has 1 aliphatic heterocycles. The van der Waals surface area contributed by atoms with Crippen LogP contribution in [0.25, 0.3) is 0 Å². The Morgan fingerprint density at radius 2 is 1.67 bits per heavy atom. The molecular formula is C25H31NO6S. The SMILES string of the molecule is CC(C)(C)OC(=O)N1CCC(COC(=O)c2cccc(CS(=O)(=O)c3ccccc3)c2)CC1. The Kier molecular flexibility index (Phi) is 7.79. The number of piperidine rings is 1. The van der Waals surface area contributed by atoms with Gasteiger partial charge in [-0.15, -0.1) is 0 Å². The van der Waals surface area contributed by atoms with Crippen LogP contribution in [0.15, 0.2) is 59.5 Å². The molecular weight excluding hydrogens is 442 g/mol. The monoisotopic (exact) mass is 473 g/mol. The highest BCUT2D eigenvalue weighted by Crippen LogP contribution is 2.21. The Morgan fingerprint density at radius 1 is 1.00 bits per heavy atom. The first-order chi connectivity index (χ1) is 15.5. The van der Waals surface area contributed by atoms with Crippen molar-refractivity contribution in [2.24, 2.45) is 5.92 Å². The molecule has 0 atom stereocenters. The highest BCUT2D eigenvalue weighted by Gasteiger charge is 2.27. The van der Waals surface area contributed by atoms with Gasteiger partial charge in [0.05, 0.1) is 22.8 Å². The number of benzene rings is 2. The van der Waals surface area contributed by atoms with E-state index in [0.717, 1.165) is 12.8 Å². The highest BCUT2D eigenvalue weighted by molar-refractivity contribution is 7.90. The summed E-state index contributed by atoms with van der Waals surface area (Å²) in [4.78, 5) is 26.6. The lowest BCUT2D eigenvalue weighted by atomic mass is 9.98. The quantitative estimate of drug-likeness (QED) is 0.575. The van der Waals surface area contributed by atoms with Crippen LogP contribution in [-0.2, 0) is 25.1 Å². The number of esters is 1. The van der Waals surface area contributed by atoms with Crippen LogP contribution in [-0.4, -0.2) is 50.7 Å². The summed E-state index contributed by atoms with van der Waals surface area (Å²) < 4.78 is 36.1. The molecule has 7 nitrogen and oxygen atoms in total. The maximum Gasteiger partial charge on any atom is 0.410 e. The molecule has 0 unspecified atom stereocenters. The third kappa shape index (κ3) is 7.32. The second kappa shape index (κ2) is 10.4. The van der Waals surface area contributed by atoms with Gasteiger partial charge >= 0.3 is 12.1 Å². The molecule has 2 aromatic rings. The van der Waals surface area contributed by atoms with Crippen LogP contribution in [0.2, 0.25) is 0 Å². The number of carbonyl (C=O) groups excluding carboxylic acids is 2. The molecule has 0 aromatic heterocycles. The lowest BCUT2D eigenvalue weighted by Gasteiger charge is -2.33. The number of rotatable bonds is 6. The van der Waals surface area contributed by atoms with Crippen LogP contribution in [0, 0.1) is 5.92 Å². The molecule has 3 rings (SSSR count). The van der Waals surface area contributed by atoms with E-state index in [-0.39, 0.29) is 29.3 Å². The normalized spacial score (nSPS) is 15.2. The summed E-state index contributed by atoms with van der Waals surface area (Å²) in [5.41, 5.74) is 0.319. The van der Waals surface area contributed by atoms with E-state index in [1.807, 2.05) is 20.8 Å². The molecule has 0 aliphatic carbocycles. The molecule has 33 heavy (non-hydrogen) atoms. The van der Waals surface area contributed by atoms with Crippen molar-refractivity contribution in [3.63, 3.8) is 0 Å². The Bertz CT molecular complexity index is 1070. The fourth-order valence-corrected chi connectivity index (χ4v) is 4.96. The Balaban J connectivity index is 1.51. The minimum Gasteiger partial charge on any atom is -0.462 e. The lowest BCUT2D eigenvalue weighted by Crippen LogP contribution is -2.42. The molecule has 0 N–H and O–H groups in total. The highest BCUT2D eigenvalue weighted by atomic mass is 32.2. The van der Waals surface area contributed by atoms with Crippen molar-refractivity contribution in [3.8, 4) is 0 Å². The fraction of sp³-hybridized carbons (Fsp3) is 0.440. The van der Waals surface area contributed by atoms with Gasteiger partial charge in [-0.1, -0.05) is 30.3 Å². The van der Waals surface area contributed by atoms with Crippen LogP contribution in [0.3, 0.4) is 0 Å². The maximum absolute atomic E-state index is 12.6. The summed E-state index contributed by atoms with van der Waals surface area (Å²) in [7, 11) is -3.50. The van der Waals surface area contributed by atoms with E-state index in [4.69, 9.17) is 9.47 Å². The number of nitrogens with zero attached hydrogens (tertiary/aromatic N) is 1. The summed E-state index contributed by atoms with van der Waals surface area (Å²) in [5.74, 6) is -0.515. The van der Waals surface area contributed by atoms with E-state index in [1.54, 1.807) is 59.5 Å². The van der Waals surface area contributed by atoms with Crippen LogP contribution in [0.5, 0.6) is 0 Å². The molecule has 1 amide bonds. The van der Waals surface area contributed by atoms with Crippen molar-refractivity contribution >= 4 is 21.9 Å². The molecule has 0 saturated carbocycles. The van der Waals surface area contributed by atoms with Crippen LogP contribution in [0.4, 0.5) is 4.79 Å². The van der Waals surface area contributed by atoms with Crippen molar-refractivity contribution in [2.45, 2.75) is 49.9 Å². The molecule has 1 fully saturated rings. The molecule has 0 radical (unpaired) electrons. The molecule has 8 heteroatoms. The summed E-state index contributed by atoms with van der Waals surface area (Å²) in [6.07, 6.45) is 1.13. The zero-order chi connectivity index (χ0) is 24.1. The van der Waals surface area contributed by atoms with E-state index < -0.39 is 21.4 Å². The minimum atomic E-state index is -3.50. The number of likely N-dealkylation sites (tertiary alicyclic amines) is 1. The van der Waals surface area contributed by atoms with Crippen molar-refractivity contribution in [3.05, 3.63) is 65.7 Å². The van der Waals surface area contributed by atoms with E-state index in [2.05, 4.69) is 0 Å². The van der Waals surface area contributed by atoms with Crippen molar-refractivity contribution in [1.29, 1.82) is 0 Å². The Hall–Kier alpha value is -2.87. The minimum absolute atomic E-state index is 0.161. The van der Waals surface area contributed by atoms with E-state index in [0.29, 0.717) is 24.2 Å². The van der Waals surface area contributed by atoms with Gasteiger partial charge in [0.1, 0.15) is 5.60 Å². The summed E-state index contributed by atoms with van der Waals surface area (Å²) in [6, 6.07) is 14.8. The van der Waals surface area contributed by atoms with Crippen molar-refractivity contribution in [1.82, 2.24) is 4.90 Å². The van der Waals surface area contributed by atoms with Crippen molar-refractivity contribution in [2.75, 3.05) is 19.7 Å². The predicted octanol–water partition coefficient (Wildman–Crippen LogP) is 4.46. The molecule has 1 saturated heterocycles. The van der Waals surface area contributed by atoms with Gasteiger partial charge in [0, 0.05) is 13.1 Å². The summed E-state index contributed by atoms with van der Waals surface area (Å²) in [6.45, 7) is 6.89. The Morgan fingerprint density at radius 3 is 2.30 bits per heavy atom. The van der Waals surface area contributed by atoms with Gasteiger partial charge in [-0.2, -0.15) is 0 Å². The molecule has 0 spiro atoms. The number of sulfone groups is 1. The first-order valence-corrected chi connectivity index (χ1v) is 12.7. The topological polar surface area (TPSA) is 90.0 Å². The average Bonchev–Trinajstić information content (AvgIpc) is 2.77. The van der Waals surface area contributed by atoms with Gasteiger partial charge < -0.3 is 14.4 Å². The number of amides is 1.